The Kier molecular flexibility index (Phi) is 4.89. The van der Waals surface area contributed by atoms with Crippen LogP contribution in [0.4, 0.5) is 0 Å². The maximum Gasteiger partial charge on any atom is 0.0940 e. The number of aryl methyl sites for hydroxylation is 1. The van der Waals surface area contributed by atoms with Crippen molar-refractivity contribution in [3.05, 3.63) is 29.8 Å². The van der Waals surface area contributed by atoms with Gasteiger partial charge in [-0.25, -0.2) is 0 Å². The average Bonchev–Trinajstić information content (AvgIpc) is 2.93. The van der Waals surface area contributed by atoms with Crippen LogP contribution in [-0.2, 0) is 9.47 Å². The van der Waals surface area contributed by atoms with Crippen LogP contribution >= 0.6 is 11.8 Å². The van der Waals surface area contributed by atoms with Gasteiger partial charge in [-0.05, 0) is 37.8 Å². The van der Waals surface area contributed by atoms with E-state index in [4.69, 9.17) is 9.47 Å². The number of rotatable bonds is 4. The number of aliphatic hydroxyl groups excluding tert-OH is 1. The van der Waals surface area contributed by atoms with Crippen molar-refractivity contribution in [2.75, 3.05) is 25.6 Å². The van der Waals surface area contributed by atoms with Gasteiger partial charge in [-0.3, -0.25) is 0 Å². The van der Waals surface area contributed by atoms with Crippen LogP contribution < -0.4 is 0 Å². The molecule has 3 unspecified atom stereocenters. The Morgan fingerprint density at radius 3 is 3.10 bits per heavy atom. The number of hydrogen-bond acceptors (Lipinski definition) is 4. The van der Waals surface area contributed by atoms with E-state index in [2.05, 4.69) is 31.2 Å². The molecular formula is C17H24O3S. The van der Waals surface area contributed by atoms with Crippen molar-refractivity contribution in [3.8, 4) is 0 Å². The smallest absolute Gasteiger partial charge is 0.0940 e. The number of aliphatic hydroxyl groups is 1. The molecule has 0 bridgehead atoms. The maximum atomic E-state index is 10.5. The molecule has 1 aromatic rings. The lowest BCUT2D eigenvalue weighted by Crippen LogP contribution is -2.44. The predicted molar refractivity (Wildman–Crippen MR) is 84.8 cm³/mol. The molecule has 0 aromatic heterocycles. The molecule has 1 spiro atoms. The zero-order valence-corrected chi connectivity index (χ0v) is 13.4. The van der Waals surface area contributed by atoms with E-state index in [-0.39, 0.29) is 11.7 Å². The lowest BCUT2D eigenvalue weighted by Gasteiger charge is -2.38. The SMILES string of the molecule is Cc1cccc(SCC(O)C2CCOC3(CCOC3)C2)c1. The number of thioether (sulfide) groups is 1. The number of ether oxygens (including phenoxy) is 2. The highest BCUT2D eigenvalue weighted by Gasteiger charge is 2.42. The maximum absolute atomic E-state index is 10.5. The van der Waals surface area contributed by atoms with Gasteiger partial charge in [0, 0.05) is 30.3 Å². The fraction of sp³-hybridized carbons (Fsp3) is 0.647. The van der Waals surface area contributed by atoms with Gasteiger partial charge < -0.3 is 14.6 Å². The molecule has 2 aliphatic heterocycles. The minimum absolute atomic E-state index is 0.113. The van der Waals surface area contributed by atoms with Gasteiger partial charge in [0.05, 0.1) is 18.3 Å². The first-order valence-electron chi connectivity index (χ1n) is 7.76. The highest BCUT2D eigenvalue weighted by atomic mass is 32.2. The van der Waals surface area contributed by atoms with E-state index < -0.39 is 0 Å². The van der Waals surface area contributed by atoms with Gasteiger partial charge >= 0.3 is 0 Å². The van der Waals surface area contributed by atoms with E-state index in [0.29, 0.717) is 12.5 Å². The molecular weight excluding hydrogens is 284 g/mol. The standard InChI is InChI=1S/C17H24O3S/c1-13-3-2-4-15(9-13)21-11-16(18)14-5-7-20-17(10-14)6-8-19-12-17/h2-4,9,14,16,18H,5-8,10-12H2,1H3. The Morgan fingerprint density at radius 2 is 2.33 bits per heavy atom. The summed E-state index contributed by atoms with van der Waals surface area (Å²) in [5.74, 6) is 1.09. The van der Waals surface area contributed by atoms with Crippen LogP contribution in [0.1, 0.15) is 24.8 Å². The fourth-order valence-corrected chi connectivity index (χ4v) is 4.36. The summed E-state index contributed by atoms with van der Waals surface area (Å²) in [6, 6.07) is 8.46. The summed E-state index contributed by atoms with van der Waals surface area (Å²) >= 11 is 1.75. The highest BCUT2D eigenvalue weighted by molar-refractivity contribution is 7.99. The van der Waals surface area contributed by atoms with Gasteiger partial charge in [0.1, 0.15) is 0 Å². The first-order valence-corrected chi connectivity index (χ1v) is 8.75. The van der Waals surface area contributed by atoms with Gasteiger partial charge in [0.2, 0.25) is 0 Å². The first-order chi connectivity index (χ1) is 10.2. The molecule has 0 aliphatic carbocycles. The summed E-state index contributed by atoms with van der Waals surface area (Å²) in [6.07, 6.45) is 2.60. The Morgan fingerprint density at radius 1 is 1.43 bits per heavy atom. The van der Waals surface area contributed by atoms with E-state index in [9.17, 15) is 5.11 Å². The Balaban J connectivity index is 1.54. The van der Waals surface area contributed by atoms with Crippen molar-refractivity contribution in [2.45, 2.75) is 42.8 Å². The minimum Gasteiger partial charge on any atom is -0.392 e. The van der Waals surface area contributed by atoms with Crippen molar-refractivity contribution in [2.24, 2.45) is 5.92 Å². The lowest BCUT2D eigenvalue weighted by molar-refractivity contribution is -0.113. The molecule has 0 saturated carbocycles. The first kappa shape index (κ1) is 15.3. The monoisotopic (exact) mass is 308 g/mol. The van der Waals surface area contributed by atoms with Crippen LogP contribution in [0.3, 0.4) is 0 Å². The van der Waals surface area contributed by atoms with Crippen LogP contribution in [0.2, 0.25) is 0 Å². The third-order valence-electron chi connectivity index (χ3n) is 4.55. The second kappa shape index (κ2) is 6.69. The third kappa shape index (κ3) is 3.81. The van der Waals surface area contributed by atoms with Crippen LogP contribution in [0, 0.1) is 12.8 Å². The lowest BCUT2D eigenvalue weighted by atomic mass is 9.82. The van der Waals surface area contributed by atoms with Gasteiger partial charge in [0.15, 0.2) is 0 Å². The molecule has 3 rings (SSSR count). The Labute approximate surface area is 131 Å². The molecule has 3 nitrogen and oxygen atoms in total. The van der Waals surface area contributed by atoms with Crippen molar-refractivity contribution in [1.82, 2.24) is 0 Å². The molecule has 1 aromatic carbocycles. The van der Waals surface area contributed by atoms with Crippen molar-refractivity contribution < 1.29 is 14.6 Å². The predicted octanol–water partition coefficient (Wildman–Crippen LogP) is 3.03. The second-order valence-corrected chi connectivity index (χ2v) is 7.38. The van der Waals surface area contributed by atoms with E-state index in [1.165, 1.54) is 10.5 Å². The summed E-state index contributed by atoms with van der Waals surface area (Å²) in [5, 5.41) is 10.5. The normalized spacial score (nSPS) is 30.7. The quantitative estimate of drug-likeness (QED) is 0.868. The van der Waals surface area contributed by atoms with Gasteiger partial charge in [0.25, 0.3) is 0 Å². The summed E-state index contributed by atoms with van der Waals surface area (Å²) in [7, 11) is 0. The van der Waals surface area contributed by atoms with E-state index in [1.807, 2.05) is 0 Å². The van der Waals surface area contributed by atoms with Crippen LogP contribution in [0.15, 0.2) is 29.2 Å². The summed E-state index contributed by atoms with van der Waals surface area (Å²) in [5.41, 5.74) is 1.15. The van der Waals surface area contributed by atoms with Crippen LogP contribution in [0.5, 0.6) is 0 Å². The average molecular weight is 308 g/mol. The third-order valence-corrected chi connectivity index (χ3v) is 5.65. The van der Waals surface area contributed by atoms with Gasteiger partial charge in [-0.15, -0.1) is 11.8 Å². The number of benzene rings is 1. The van der Waals surface area contributed by atoms with Crippen molar-refractivity contribution >= 4 is 11.8 Å². The van der Waals surface area contributed by atoms with E-state index in [1.54, 1.807) is 11.8 Å². The zero-order chi connectivity index (χ0) is 14.7. The van der Waals surface area contributed by atoms with Crippen molar-refractivity contribution in [1.29, 1.82) is 0 Å². The molecule has 2 heterocycles. The molecule has 3 atom stereocenters. The molecule has 2 aliphatic rings. The molecule has 0 radical (unpaired) electrons. The van der Waals surface area contributed by atoms with Crippen molar-refractivity contribution in [3.63, 3.8) is 0 Å². The molecule has 116 valence electrons. The summed E-state index contributed by atoms with van der Waals surface area (Å²) in [4.78, 5) is 1.24. The summed E-state index contributed by atoms with van der Waals surface area (Å²) in [6.45, 7) is 4.34. The van der Waals surface area contributed by atoms with E-state index in [0.717, 1.165) is 38.2 Å². The van der Waals surface area contributed by atoms with Gasteiger partial charge in [-0.1, -0.05) is 17.7 Å². The Bertz CT molecular complexity index is 471. The zero-order valence-electron chi connectivity index (χ0n) is 12.6. The second-order valence-electron chi connectivity index (χ2n) is 6.28. The molecule has 4 heteroatoms. The molecule has 0 amide bonds. The van der Waals surface area contributed by atoms with Gasteiger partial charge in [-0.2, -0.15) is 0 Å². The molecule has 1 N–H and O–H groups in total. The largest absolute Gasteiger partial charge is 0.392 e. The molecule has 2 saturated heterocycles. The molecule has 21 heavy (non-hydrogen) atoms. The highest BCUT2D eigenvalue weighted by Crippen LogP contribution is 2.38. The summed E-state index contributed by atoms with van der Waals surface area (Å²) < 4.78 is 11.4. The van der Waals surface area contributed by atoms with Crippen LogP contribution in [0.25, 0.3) is 0 Å². The van der Waals surface area contributed by atoms with Crippen LogP contribution in [-0.4, -0.2) is 42.4 Å². The minimum atomic E-state index is -0.267. The number of hydrogen-bond donors (Lipinski definition) is 1. The molecule has 2 fully saturated rings. The topological polar surface area (TPSA) is 38.7 Å². The van der Waals surface area contributed by atoms with E-state index >= 15 is 0 Å². The fourth-order valence-electron chi connectivity index (χ4n) is 3.28. The Hall–Kier alpha value is -0.550.